The zero-order valence-corrected chi connectivity index (χ0v) is 11.9. The molecule has 0 aromatic heterocycles. The van der Waals surface area contributed by atoms with Gasteiger partial charge in [0.1, 0.15) is 6.04 Å². The van der Waals surface area contributed by atoms with Crippen LogP contribution in [0.2, 0.25) is 0 Å². The van der Waals surface area contributed by atoms with E-state index in [1.54, 1.807) is 12.0 Å². The number of ether oxygens (including phenoxy) is 1. The van der Waals surface area contributed by atoms with E-state index in [9.17, 15) is 9.59 Å². The smallest absolute Gasteiger partial charge is 0.246 e. The molecule has 0 radical (unpaired) electrons. The number of rotatable bonds is 4. The van der Waals surface area contributed by atoms with Crippen LogP contribution < -0.4 is 5.32 Å². The minimum Gasteiger partial charge on any atom is -0.383 e. The highest BCUT2D eigenvalue weighted by Crippen LogP contribution is 2.24. The van der Waals surface area contributed by atoms with E-state index in [4.69, 9.17) is 4.74 Å². The third kappa shape index (κ3) is 3.22. The molecule has 0 aromatic carbocycles. The van der Waals surface area contributed by atoms with Crippen molar-refractivity contribution in [1.82, 2.24) is 10.2 Å². The van der Waals surface area contributed by atoms with Gasteiger partial charge in [-0.25, -0.2) is 0 Å². The molecule has 5 nitrogen and oxygen atoms in total. The highest BCUT2D eigenvalue weighted by molar-refractivity contribution is 5.95. The van der Waals surface area contributed by atoms with E-state index in [0.29, 0.717) is 6.61 Å². The average Bonchev–Trinajstić information content (AvgIpc) is 2.27. The number of carbonyl (C=O) groups is 2. The van der Waals surface area contributed by atoms with E-state index in [-0.39, 0.29) is 29.8 Å². The lowest BCUT2D eigenvalue weighted by molar-refractivity contribution is -0.151. The van der Waals surface area contributed by atoms with Gasteiger partial charge in [-0.15, -0.1) is 0 Å². The Morgan fingerprint density at radius 1 is 1.44 bits per heavy atom. The Bertz CT molecular complexity index is 323. The van der Waals surface area contributed by atoms with Crippen molar-refractivity contribution in [1.29, 1.82) is 0 Å². The van der Waals surface area contributed by atoms with Crippen molar-refractivity contribution in [2.24, 2.45) is 5.41 Å². The van der Waals surface area contributed by atoms with Crippen LogP contribution in [0.4, 0.5) is 0 Å². The van der Waals surface area contributed by atoms with Crippen LogP contribution in [0, 0.1) is 5.41 Å². The minimum absolute atomic E-state index is 0.00833. The first-order valence-corrected chi connectivity index (χ1v) is 6.40. The molecule has 1 saturated heterocycles. The predicted octanol–water partition coefficient (Wildman–Crippen LogP) is 0.784. The first-order valence-electron chi connectivity index (χ1n) is 6.40. The SMILES string of the molecule is CCC(COC)N1CC(=O)NC(C(C)(C)C)C1=O. The molecule has 2 amide bonds. The van der Waals surface area contributed by atoms with Gasteiger partial charge in [0, 0.05) is 7.11 Å². The minimum atomic E-state index is -0.454. The van der Waals surface area contributed by atoms with Gasteiger partial charge in [0.05, 0.1) is 19.2 Å². The van der Waals surface area contributed by atoms with Crippen LogP contribution in [0.5, 0.6) is 0 Å². The Labute approximate surface area is 109 Å². The van der Waals surface area contributed by atoms with Gasteiger partial charge in [0.25, 0.3) is 0 Å². The second-order valence-electron chi connectivity index (χ2n) is 5.85. The quantitative estimate of drug-likeness (QED) is 0.809. The molecule has 2 unspecified atom stereocenters. The van der Waals surface area contributed by atoms with Crippen molar-refractivity contribution in [3.8, 4) is 0 Å². The van der Waals surface area contributed by atoms with E-state index < -0.39 is 6.04 Å². The van der Waals surface area contributed by atoms with Gasteiger partial charge in [-0.3, -0.25) is 9.59 Å². The van der Waals surface area contributed by atoms with Crippen LogP contribution in [-0.2, 0) is 14.3 Å². The molecule has 1 heterocycles. The summed E-state index contributed by atoms with van der Waals surface area (Å²) in [5.41, 5.74) is -0.281. The normalized spacial score (nSPS) is 22.9. The van der Waals surface area contributed by atoms with E-state index in [1.165, 1.54) is 0 Å². The van der Waals surface area contributed by atoms with Crippen molar-refractivity contribution >= 4 is 11.8 Å². The number of hydrogen-bond acceptors (Lipinski definition) is 3. The van der Waals surface area contributed by atoms with Crippen LogP contribution in [-0.4, -0.2) is 49.1 Å². The van der Waals surface area contributed by atoms with E-state index in [0.717, 1.165) is 6.42 Å². The maximum Gasteiger partial charge on any atom is 0.246 e. The summed E-state index contributed by atoms with van der Waals surface area (Å²) in [4.78, 5) is 25.9. The maximum atomic E-state index is 12.4. The zero-order valence-electron chi connectivity index (χ0n) is 11.9. The van der Waals surface area contributed by atoms with Gasteiger partial charge in [0.15, 0.2) is 0 Å². The molecule has 2 atom stereocenters. The predicted molar refractivity (Wildman–Crippen MR) is 69.1 cm³/mol. The van der Waals surface area contributed by atoms with Crippen molar-refractivity contribution in [2.45, 2.75) is 46.2 Å². The molecule has 104 valence electrons. The summed E-state index contributed by atoms with van der Waals surface area (Å²) < 4.78 is 5.13. The Morgan fingerprint density at radius 3 is 2.50 bits per heavy atom. The molecule has 1 fully saturated rings. The molecule has 0 bridgehead atoms. The molecule has 0 aromatic rings. The molecule has 1 rings (SSSR count). The fraction of sp³-hybridized carbons (Fsp3) is 0.846. The molecular weight excluding hydrogens is 232 g/mol. The molecule has 5 heteroatoms. The molecule has 0 aliphatic carbocycles. The van der Waals surface area contributed by atoms with E-state index in [1.807, 2.05) is 27.7 Å². The third-order valence-corrected chi connectivity index (χ3v) is 3.29. The van der Waals surface area contributed by atoms with Crippen LogP contribution in [0.1, 0.15) is 34.1 Å². The van der Waals surface area contributed by atoms with Gasteiger partial charge in [0.2, 0.25) is 11.8 Å². The summed E-state index contributed by atoms with van der Waals surface area (Å²) >= 11 is 0. The highest BCUT2D eigenvalue weighted by atomic mass is 16.5. The Morgan fingerprint density at radius 2 is 2.06 bits per heavy atom. The standard InChI is InChI=1S/C13H24N2O3/c1-6-9(8-18-5)15-7-10(16)14-11(12(15)17)13(2,3)4/h9,11H,6-8H2,1-5H3,(H,14,16). The van der Waals surface area contributed by atoms with Crippen LogP contribution in [0.25, 0.3) is 0 Å². The summed E-state index contributed by atoms with van der Waals surface area (Å²) in [7, 11) is 1.61. The Kier molecular flexibility index (Phi) is 4.73. The Balaban J connectivity index is 2.91. The molecule has 1 aliphatic heterocycles. The molecule has 0 saturated carbocycles. The molecule has 1 aliphatic rings. The maximum absolute atomic E-state index is 12.4. The summed E-state index contributed by atoms with van der Waals surface area (Å²) in [5, 5.41) is 2.79. The van der Waals surface area contributed by atoms with Crippen LogP contribution in [0.15, 0.2) is 0 Å². The summed E-state index contributed by atoms with van der Waals surface area (Å²) in [6, 6.07) is -0.483. The van der Waals surface area contributed by atoms with Crippen LogP contribution >= 0.6 is 0 Å². The molecule has 18 heavy (non-hydrogen) atoms. The molecule has 0 spiro atoms. The fourth-order valence-electron chi connectivity index (χ4n) is 2.18. The fourth-order valence-corrected chi connectivity index (χ4v) is 2.18. The van der Waals surface area contributed by atoms with Crippen LogP contribution in [0.3, 0.4) is 0 Å². The largest absolute Gasteiger partial charge is 0.383 e. The van der Waals surface area contributed by atoms with Crippen molar-refractivity contribution in [3.05, 3.63) is 0 Å². The average molecular weight is 256 g/mol. The van der Waals surface area contributed by atoms with E-state index in [2.05, 4.69) is 5.32 Å². The van der Waals surface area contributed by atoms with Crippen molar-refractivity contribution < 1.29 is 14.3 Å². The van der Waals surface area contributed by atoms with Gasteiger partial charge in [-0.05, 0) is 11.8 Å². The number of piperazine rings is 1. The van der Waals surface area contributed by atoms with Gasteiger partial charge < -0.3 is 15.0 Å². The number of nitrogens with zero attached hydrogens (tertiary/aromatic N) is 1. The van der Waals surface area contributed by atoms with E-state index >= 15 is 0 Å². The van der Waals surface area contributed by atoms with Gasteiger partial charge in [-0.1, -0.05) is 27.7 Å². The first-order chi connectivity index (χ1) is 8.31. The van der Waals surface area contributed by atoms with Gasteiger partial charge >= 0.3 is 0 Å². The number of amides is 2. The monoisotopic (exact) mass is 256 g/mol. The number of nitrogens with one attached hydrogen (secondary N) is 1. The number of hydrogen-bond donors (Lipinski definition) is 1. The van der Waals surface area contributed by atoms with Crippen molar-refractivity contribution in [3.63, 3.8) is 0 Å². The third-order valence-electron chi connectivity index (χ3n) is 3.29. The second-order valence-corrected chi connectivity index (χ2v) is 5.85. The lowest BCUT2D eigenvalue weighted by atomic mass is 9.84. The first kappa shape index (κ1) is 15.0. The van der Waals surface area contributed by atoms with Crippen molar-refractivity contribution in [2.75, 3.05) is 20.3 Å². The number of methoxy groups -OCH3 is 1. The zero-order chi connectivity index (χ0) is 13.9. The summed E-state index contributed by atoms with van der Waals surface area (Å²) in [6.45, 7) is 8.46. The summed E-state index contributed by atoms with van der Waals surface area (Å²) in [5.74, 6) is -0.102. The number of carbonyl (C=O) groups excluding carboxylic acids is 2. The summed E-state index contributed by atoms with van der Waals surface area (Å²) in [6.07, 6.45) is 0.781. The molecule has 1 N–H and O–H groups in total. The topological polar surface area (TPSA) is 58.6 Å². The van der Waals surface area contributed by atoms with Gasteiger partial charge in [-0.2, -0.15) is 0 Å². The lowest BCUT2D eigenvalue weighted by Gasteiger charge is -2.41. The molecular formula is C13H24N2O3. The highest BCUT2D eigenvalue weighted by Gasteiger charge is 2.41. The lowest BCUT2D eigenvalue weighted by Crippen LogP contribution is -2.64. The second kappa shape index (κ2) is 5.69. The Hall–Kier alpha value is -1.10.